The molecule has 0 fully saturated rings. The topological polar surface area (TPSA) is 131 Å². The average molecular weight is 549 g/mol. The minimum Gasteiger partial charge on any atom is -0.478 e. The normalized spacial score (nSPS) is 14.9. The van der Waals surface area contributed by atoms with Crippen molar-refractivity contribution in [1.29, 1.82) is 0 Å². The maximum Gasteiger partial charge on any atom is 0.737 e. The number of aromatic carboxylic acids is 2. The molecule has 0 atom stereocenters. The lowest BCUT2D eigenvalue weighted by Gasteiger charge is -2.33. The van der Waals surface area contributed by atoms with E-state index in [0.29, 0.717) is 28.0 Å². The van der Waals surface area contributed by atoms with Crippen LogP contribution in [0.5, 0.6) is 0 Å². The van der Waals surface area contributed by atoms with Crippen molar-refractivity contribution in [2.45, 2.75) is 0 Å². The van der Waals surface area contributed by atoms with Crippen LogP contribution in [0, 0.1) is 0 Å². The van der Waals surface area contributed by atoms with Gasteiger partial charge in [0.15, 0.2) is 11.4 Å². The molecule has 200 valence electrons. The molecule has 2 aliphatic heterocycles. The van der Waals surface area contributed by atoms with Crippen LogP contribution in [-0.4, -0.2) is 43.8 Å². The second kappa shape index (κ2) is 9.47. The number of hydrogen-bond donors (Lipinski definition) is 2. The van der Waals surface area contributed by atoms with Gasteiger partial charge in [0, 0.05) is 39.7 Å². The van der Waals surface area contributed by atoms with E-state index in [9.17, 15) is 19.8 Å². The lowest BCUT2D eigenvalue weighted by atomic mass is 9.85. The van der Waals surface area contributed by atoms with Gasteiger partial charge in [-0.05, 0) is 65.2 Å². The largest absolute Gasteiger partial charge is 0.737 e. The molecule has 2 N–H and O–H groups in total. The number of hydrogen-bond acceptors (Lipinski definition) is 3. The van der Waals surface area contributed by atoms with Gasteiger partial charge in [-0.15, -0.1) is 0 Å². The summed E-state index contributed by atoms with van der Waals surface area (Å²) in [5.74, 6) is -2.25. The molecule has 0 saturated heterocycles. The summed E-state index contributed by atoms with van der Waals surface area (Å²) >= 11 is 0. The van der Waals surface area contributed by atoms with Crippen LogP contribution in [0.1, 0.15) is 37.5 Å². The molecule has 0 bridgehead atoms. The Kier molecular flexibility index (Phi) is 5.90. The number of fused-ring (bicyclic) bond motifs is 2. The molecular weight excluding hydrogens is 531 g/mol. The fraction of sp³-hybridized carbons (Fsp3) is 0. The molecule has 9 nitrogen and oxygen atoms in total. The molecule has 0 aliphatic carbocycles. The predicted octanol–water partition coefficient (Wildman–Crippen LogP) is 6.56. The van der Waals surface area contributed by atoms with Crippen molar-refractivity contribution in [3.8, 4) is 11.3 Å². The number of carboxylic acid groups (broad SMARTS) is 2. The summed E-state index contributed by atoms with van der Waals surface area (Å²) < 4.78 is 35.4. The predicted molar refractivity (Wildman–Crippen MR) is 148 cm³/mol. The number of allylic oxidation sites excluding steroid dienone is 2. The van der Waals surface area contributed by atoms with Crippen LogP contribution in [0.4, 0.5) is 14.3 Å². The number of carbonyl (C=O) groups is 2. The monoisotopic (exact) mass is 549 g/mol. The second-order valence-electron chi connectivity index (χ2n) is 9.41. The summed E-state index contributed by atoms with van der Waals surface area (Å²) in [6.45, 7) is -4.48. The number of halogens is 2. The molecule has 1 aromatic heterocycles. The number of nitrogens with zero attached hydrogens (tertiary/aromatic N) is 5. The molecule has 0 spiro atoms. The van der Waals surface area contributed by atoms with Gasteiger partial charge in [0.25, 0.3) is 0 Å². The maximum absolute atomic E-state index is 16.7. The Hall–Kier alpha value is -5.74. The molecule has 2 aliphatic rings. The van der Waals surface area contributed by atoms with Crippen molar-refractivity contribution in [3.63, 3.8) is 0 Å². The summed E-state index contributed by atoms with van der Waals surface area (Å²) in [7, 11) is 0. The van der Waals surface area contributed by atoms with Crippen LogP contribution in [0.15, 0.2) is 108 Å². The highest BCUT2D eigenvalue weighted by atomic mass is 19.2. The van der Waals surface area contributed by atoms with Crippen molar-refractivity contribution in [2.75, 3.05) is 0 Å². The summed E-state index contributed by atoms with van der Waals surface area (Å²) in [6.07, 6.45) is 3.17. The SMILES string of the molecule is [N-]=[N+]=Nc1ccc(C2=C3C=CC(c4ccc(C(=O)O)cc4)=[N+]3[B-](F)(F)n3c2ccc3-c2ccc(C(=O)O)cc2)cc1. The van der Waals surface area contributed by atoms with Crippen LogP contribution < -0.4 is 0 Å². The van der Waals surface area contributed by atoms with Crippen LogP contribution in [0.3, 0.4) is 0 Å². The lowest BCUT2D eigenvalue weighted by Crippen LogP contribution is -2.51. The molecule has 6 rings (SSSR count). The van der Waals surface area contributed by atoms with Crippen LogP contribution in [-0.2, 0) is 0 Å². The fourth-order valence-electron chi connectivity index (χ4n) is 5.30. The lowest BCUT2D eigenvalue weighted by molar-refractivity contribution is -0.360. The Labute approximate surface area is 230 Å². The van der Waals surface area contributed by atoms with Gasteiger partial charge >= 0.3 is 18.9 Å². The zero-order valence-corrected chi connectivity index (χ0v) is 21.0. The first-order chi connectivity index (χ1) is 19.7. The standard InChI is InChI=1S/C29H18BF2N5O4/c31-30(32)36-23(17-1-5-20(6-2-17)28(38)39)13-15-25(36)27(19-9-11-22(12-10-19)34-35-33)26-16-14-24(37(26)30)18-3-7-21(8-4-18)29(40)41/h1-16H,(H,38,39)(H,40,41). The number of rotatable bonds is 6. The van der Waals surface area contributed by atoms with Gasteiger partial charge in [-0.1, -0.05) is 41.5 Å². The highest BCUT2D eigenvalue weighted by Gasteiger charge is 2.54. The zero-order chi connectivity index (χ0) is 28.9. The van der Waals surface area contributed by atoms with Gasteiger partial charge in [-0.3, -0.25) is 0 Å². The van der Waals surface area contributed by atoms with Crippen LogP contribution in [0.2, 0.25) is 0 Å². The van der Waals surface area contributed by atoms with E-state index in [0.717, 1.165) is 8.96 Å². The van der Waals surface area contributed by atoms with Crippen molar-refractivity contribution < 1.29 is 32.9 Å². The Morgan fingerprint density at radius 3 is 1.85 bits per heavy atom. The molecule has 0 radical (unpaired) electrons. The molecule has 3 aromatic carbocycles. The van der Waals surface area contributed by atoms with E-state index in [1.807, 2.05) is 0 Å². The Morgan fingerprint density at radius 2 is 1.29 bits per heavy atom. The van der Waals surface area contributed by atoms with E-state index in [1.165, 1.54) is 48.5 Å². The molecule has 41 heavy (non-hydrogen) atoms. The highest BCUT2D eigenvalue weighted by molar-refractivity contribution is 6.59. The zero-order valence-electron chi connectivity index (χ0n) is 21.0. The molecule has 0 unspecified atom stereocenters. The van der Waals surface area contributed by atoms with Crippen LogP contribution in [0.25, 0.3) is 27.3 Å². The van der Waals surface area contributed by atoms with Gasteiger partial charge in [0.05, 0.1) is 16.7 Å². The van der Waals surface area contributed by atoms with Crippen molar-refractivity contribution in [1.82, 2.24) is 4.48 Å². The highest BCUT2D eigenvalue weighted by Crippen LogP contribution is 2.43. The molecule has 0 amide bonds. The van der Waals surface area contributed by atoms with E-state index in [1.54, 1.807) is 48.6 Å². The molecule has 0 saturated carbocycles. The van der Waals surface area contributed by atoms with Crippen molar-refractivity contribution in [2.24, 2.45) is 5.11 Å². The number of azide groups is 1. The average Bonchev–Trinajstić information content (AvgIpc) is 3.61. The Bertz CT molecular complexity index is 1900. The summed E-state index contributed by atoms with van der Waals surface area (Å²) in [4.78, 5) is 25.5. The third-order valence-corrected chi connectivity index (χ3v) is 7.14. The van der Waals surface area contributed by atoms with Crippen molar-refractivity contribution >= 4 is 35.9 Å². The van der Waals surface area contributed by atoms with E-state index in [-0.39, 0.29) is 33.9 Å². The van der Waals surface area contributed by atoms with Crippen molar-refractivity contribution in [3.05, 3.63) is 141 Å². The van der Waals surface area contributed by atoms with E-state index < -0.39 is 18.9 Å². The van der Waals surface area contributed by atoms with Gasteiger partial charge in [0.2, 0.25) is 0 Å². The van der Waals surface area contributed by atoms with E-state index in [2.05, 4.69) is 10.0 Å². The quantitative estimate of drug-likeness (QED) is 0.122. The fourth-order valence-corrected chi connectivity index (χ4v) is 5.30. The Balaban J connectivity index is 1.61. The summed E-state index contributed by atoms with van der Waals surface area (Å²) in [5, 5.41) is 22.2. The van der Waals surface area contributed by atoms with Gasteiger partial charge in [-0.25, -0.2) is 9.59 Å². The third-order valence-electron chi connectivity index (χ3n) is 7.14. The van der Waals surface area contributed by atoms with E-state index in [4.69, 9.17) is 5.53 Å². The molecular formula is C29H18BF2N5O4. The molecule has 12 heteroatoms. The number of carboxylic acids is 2. The first-order valence-corrected chi connectivity index (χ1v) is 12.4. The number of benzene rings is 3. The molecule has 3 heterocycles. The number of aromatic nitrogens is 1. The summed E-state index contributed by atoms with van der Waals surface area (Å²) in [5.41, 5.74) is 12.0. The smallest absolute Gasteiger partial charge is 0.478 e. The minimum absolute atomic E-state index is 0.0311. The van der Waals surface area contributed by atoms with E-state index >= 15 is 8.63 Å². The maximum atomic E-state index is 16.7. The van der Waals surface area contributed by atoms with Gasteiger partial charge in [-0.2, -0.15) is 0 Å². The van der Waals surface area contributed by atoms with Crippen LogP contribution >= 0.6 is 0 Å². The molecule has 4 aromatic rings. The first-order valence-electron chi connectivity index (χ1n) is 12.4. The van der Waals surface area contributed by atoms with Gasteiger partial charge < -0.3 is 27.8 Å². The Morgan fingerprint density at radius 1 is 0.756 bits per heavy atom. The summed E-state index contributed by atoms with van der Waals surface area (Å²) in [6, 6.07) is 21.1. The minimum atomic E-state index is -4.48. The first kappa shape index (κ1) is 25.5. The van der Waals surface area contributed by atoms with Gasteiger partial charge in [0.1, 0.15) is 0 Å². The second-order valence-corrected chi connectivity index (χ2v) is 9.41. The third kappa shape index (κ3) is 4.10.